The van der Waals surface area contributed by atoms with Crippen molar-refractivity contribution in [1.82, 2.24) is 0 Å². The molecule has 1 nitrogen and oxygen atoms in total. The molecule has 0 atom stereocenters. The molecule has 0 amide bonds. The van der Waals surface area contributed by atoms with Crippen molar-refractivity contribution in [3.8, 4) is 0 Å². The summed E-state index contributed by atoms with van der Waals surface area (Å²) >= 11 is 11.5. The normalized spacial score (nSPS) is 10.6. The van der Waals surface area contributed by atoms with Gasteiger partial charge in [-0.15, -0.1) is 0 Å². The Kier molecular flexibility index (Phi) is 5.13. The largest absolute Gasteiger partial charge is 0.330 e. The molecule has 0 aliphatic carbocycles. The Bertz CT molecular complexity index is 545. The number of rotatable bonds is 4. The van der Waals surface area contributed by atoms with Crippen LogP contribution in [0.1, 0.15) is 5.56 Å². The summed E-state index contributed by atoms with van der Waals surface area (Å²) in [5.74, 6) is 0. The van der Waals surface area contributed by atoms with E-state index in [1.54, 1.807) is 11.8 Å². The third-order valence-electron chi connectivity index (χ3n) is 2.50. The standard InChI is InChI=1S/C14H13BrClNS/c15-12-3-1-2-4-14(12)18-11-6-5-10(7-8-17)13(16)9-11/h1-6,9H,7-8,17H2. The number of hydrogen-bond donors (Lipinski definition) is 1. The van der Waals surface area contributed by atoms with Gasteiger partial charge in [0.15, 0.2) is 0 Å². The van der Waals surface area contributed by atoms with Gasteiger partial charge in [-0.25, -0.2) is 0 Å². The zero-order valence-corrected chi connectivity index (χ0v) is 12.9. The van der Waals surface area contributed by atoms with Gasteiger partial charge in [0, 0.05) is 19.3 Å². The van der Waals surface area contributed by atoms with Gasteiger partial charge < -0.3 is 5.73 Å². The summed E-state index contributed by atoms with van der Waals surface area (Å²) < 4.78 is 1.09. The van der Waals surface area contributed by atoms with Crippen LogP contribution < -0.4 is 5.73 Å². The van der Waals surface area contributed by atoms with Crippen LogP contribution >= 0.6 is 39.3 Å². The molecule has 0 heterocycles. The SMILES string of the molecule is NCCc1ccc(Sc2ccccc2Br)cc1Cl. The molecule has 0 fully saturated rings. The average molecular weight is 343 g/mol. The van der Waals surface area contributed by atoms with E-state index in [1.165, 1.54) is 4.90 Å². The zero-order chi connectivity index (χ0) is 13.0. The van der Waals surface area contributed by atoms with Crippen molar-refractivity contribution >= 4 is 39.3 Å². The van der Waals surface area contributed by atoms with Gasteiger partial charge in [0.25, 0.3) is 0 Å². The molecule has 0 aromatic heterocycles. The minimum atomic E-state index is 0.621. The van der Waals surface area contributed by atoms with E-state index < -0.39 is 0 Å². The Morgan fingerprint density at radius 1 is 1.17 bits per heavy atom. The van der Waals surface area contributed by atoms with Gasteiger partial charge in [-0.05, 0) is 58.7 Å². The number of hydrogen-bond acceptors (Lipinski definition) is 2. The molecule has 0 radical (unpaired) electrons. The Hall–Kier alpha value is -0.480. The van der Waals surface area contributed by atoms with Gasteiger partial charge in [0.1, 0.15) is 0 Å². The molecule has 18 heavy (non-hydrogen) atoms. The molecular weight excluding hydrogens is 330 g/mol. The molecule has 0 saturated heterocycles. The van der Waals surface area contributed by atoms with Crippen LogP contribution in [0.5, 0.6) is 0 Å². The summed E-state index contributed by atoms with van der Waals surface area (Å²) in [6.45, 7) is 0.621. The first kappa shape index (κ1) is 13.9. The lowest BCUT2D eigenvalue weighted by molar-refractivity contribution is 0.967. The van der Waals surface area contributed by atoms with Crippen LogP contribution in [-0.2, 0) is 6.42 Å². The molecule has 0 spiro atoms. The number of halogens is 2. The molecule has 2 aromatic rings. The highest BCUT2D eigenvalue weighted by Gasteiger charge is 2.05. The van der Waals surface area contributed by atoms with Crippen molar-refractivity contribution in [3.05, 3.63) is 57.5 Å². The summed E-state index contributed by atoms with van der Waals surface area (Å²) in [6.07, 6.45) is 0.818. The maximum absolute atomic E-state index is 6.23. The van der Waals surface area contributed by atoms with E-state index in [-0.39, 0.29) is 0 Å². The second kappa shape index (κ2) is 6.62. The molecule has 2 rings (SSSR count). The lowest BCUT2D eigenvalue weighted by Crippen LogP contribution is -2.02. The molecule has 4 heteroatoms. The molecule has 0 aliphatic heterocycles. The molecular formula is C14H13BrClNS. The Labute approximate surface area is 125 Å². The van der Waals surface area contributed by atoms with Crippen molar-refractivity contribution in [3.63, 3.8) is 0 Å². The van der Waals surface area contributed by atoms with E-state index >= 15 is 0 Å². The van der Waals surface area contributed by atoms with E-state index in [0.717, 1.165) is 26.4 Å². The van der Waals surface area contributed by atoms with Crippen LogP contribution in [0, 0.1) is 0 Å². The first-order valence-corrected chi connectivity index (χ1v) is 7.60. The van der Waals surface area contributed by atoms with E-state index in [1.807, 2.05) is 30.3 Å². The van der Waals surface area contributed by atoms with Crippen LogP contribution in [0.25, 0.3) is 0 Å². The van der Waals surface area contributed by atoms with Crippen molar-refractivity contribution in [2.24, 2.45) is 5.73 Å². The topological polar surface area (TPSA) is 26.0 Å². The highest BCUT2D eigenvalue weighted by Crippen LogP contribution is 2.35. The average Bonchev–Trinajstić information content (AvgIpc) is 2.36. The highest BCUT2D eigenvalue weighted by molar-refractivity contribution is 9.10. The van der Waals surface area contributed by atoms with E-state index in [0.29, 0.717) is 6.54 Å². The third kappa shape index (κ3) is 3.51. The molecule has 0 bridgehead atoms. The van der Waals surface area contributed by atoms with Gasteiger partial charge in [-0.1, -0.05) is 41.6 Å². The lowest BCUT2D eigenvalue weighted by Gasteiger charge is -2.07. The fourth-order valence-electron chi connectivity index (χ4n) is 1.60. The quantitative estimate of drug-likeness (QED) is 0.867. The maximum atomic E-state index is 6.23. The van der Waals surface area contributed by atoms with Crippen LogP contribution in [0.2, 0.25) is 5.02 Å². The zero-order valence-electron chi connectivity index (χ0n) is 9.70. The van der Waals surface area contributed by atoms with Crippen molar-refractivity contribution < 1.29 is 0 Å². The third-order valence-corrected chi connectivity index (χ3v) is 4.87. The Balaban J connectivity index is 2.20. The number of benzene rings is 2. The van der Waals surface area contributed by atoms with Crippen LogP contribution in [-0.4, -0.2) is 6.54 Å². The summed E-state index contributed by atoms with van der Waals surface area (Å²) in [5, 5.41) is 0.789. The van der Waals surface area contributed by atoms with Gasteiger partial charge in [-0.2, -0.15) is 0 Å². The van der Waals surface area contributed by atoms with Gasteiger partial charge in [-0.3, -0.25) is 0 Å². The predicted octanol–water partition coefficient (Wildman–Crippen LogP) is 4.75. The summed E-state index contributed by atoms with van der Waals surface area (Å²) in [4.78, 5) is 2.31. The lowest BCUT2D eigenvalue weighted by atomic mass is 10.1. The summed E-state index contributed by atoms with van der Waals surface area (Å²) in [5.41, 5.74) is 6.65. The smallest absolute Gasteiger partial charge is 0.0449 e. The summed E-state index contributed by atoms with van der Waals surface area (Å²) in [7, 11) is 0. The molecule has 94 valence electrons. The number of nitrogens with two attached hydrogens (primary N) is 1. The predicted molar refractivity (Wildman–Crippen MR) is 82.5 cm³/mol. The minimum absolute atomic E-state index is 0.621. The van der Waals surface area contributed by atoms with Crippen molar-refractivity contribution in [2.45, 2.75) is 16.2 Å². The molecule has 0 unspecified atom stereocenters. The fraction of sp³-hybridized carbons (Fsp3) is 0.143. The van der Waals surface area contributed by atoms with Crippen LogP contribution in [0.15, 0.2) is 56.7 Å². The molecule has 2 aromatic carbocycles. The van der Waals surface area contributed by atoms with Gasteiger partial charge >= 0.3 is 0 Å². The molecule has 2 N–H and O–H groups in total. The first-order chi connectivity index (χ1) is 8.70. The first-order valence-electron chi connectivity index (χ1n) is 5.61. The minimum Gasteiger partial charge on any atom is -0.330 e. The van der Waals surface area contributed by atoms with Gasteiger partial charge in [0.2, 0.25) is 0 Å². The van der Waals surface area contributed by atoms with Crippen LogP contribution in [0.3, 0.4) is 0 Å². The second-order valence-corrected chi connectivity index (χ2v) is 6.20. The molecule has 0 aliphatic rings. The Morgan fingerprint density at radius 2 is 1.94 bits per heavy atom. The summed E-state index contributed by atoms with van der Waals surface area (Å²) in [6, 6.07) is 14.3. The van der Waals surface area contributed by atoms with Crippen molar-refractivity contribution in [1.29, 1.82) is 0 Å². The second-order valence-electron chi connectivity index (χ2n) is 3.82. The van der Waals surface area contributed by atoms with E-state index in [2.05, 4.69) is 28.1 Å². The fourth-order valence-corrected chi connectivity index (χ4v) is 3.35. The van der Waals surface area contributed by atoms with Gasteiger partial charge in [0.05, 0.1) is 0 Å². The van der Waals surface area contributed by atoms with Crippen LogP contribution in [0.4, 0.5) is 0 Å². The monoisotopic (exact) mass is 341 g/mol. The van der Waals surface area contributed by atoms with Crippen molar-refractivity contribution in [2.75, 3.05) is 6.54 Å². The molecule has 0 saturated carbocycles. The highest BCUT2D eigenvalue weighted by atomic mass is 79.9. The Morgan fingerprint density at radius 3 is 2.61 bits per heavy atom. The maximum Gasteiger partial charge on any atom is 0.0449 e. The van der Waals surface area contributed by atoms with E-state index in [9.17, 15) is 0 Å². The van der Waals surface area contributed by atoms with E-state index in [4.69, 9.17) is 17.3 Å².